The van der Waals surface area contributed by atoms with Gasteiger partial charge < -0.3 is 5.11 Å². The number of aliphatic hydroxyl groups is 1. The second-order valence-electron chi connectivity index (χ2n) is 7.59. The van der Waals surface area contributed by atoms with Gasteiger partial charge in [-0.2, -0.15) is 0 Å². The van der Waals surface area contributed by atoms with Crippen molar-refractivity contribution in [1.29, 1.82) is 0 Å². The van der Waals surface area contributed by atoms with E-state index in [1.54, 1.807) is 0 Å². The summed E-state index contributed by atoms with van der Waals surface area (Å²) < 4.78 is 0. The summed E-state index contributed by atoms with van der Waals surface area (Å²) >= 11 is 0. The predicted octanol–water partition coefficient (Wildman–Crippen LogP) is 4.31. The molecule has 0 aromatic heterocycles. The number of aliphatic hydroxyl groups excluding tert-OH is 1. The molecule has 1 aliphatic heterocycles. The van der Waals surface area contributed by atoms with Crippen LogP contribution < -0.4 is 0 Å². The van der Waals surface area contributed by atoms with E-state index in [2.05, 4.69) is 47.6 Å². The molecular formula is C17H25NO. The summed E-state index contributed by atoms with van der Waals surface area (Å²) in [6.07, 6.45) is -0.505. The van der Waals surface area contributed by atoms with Gasteiger partial charge in [-0.15, -0.1) is 0 Å². The molecule has 2 nitrogen and oxygen atoms in total. The van der Waals surface area contributed by atoms with E-state index in [4.69, 9.17) is 4.99 Å². The standard InChI is InChI=1S/C17H25NO/c1-16(2,3)13-11-9-7-8-10-12(11)18-15(14(13)19)17(4,5)6/h7-10,13-14,19H,1-6H3. The van der Waals surface area contributed by atoms with E-state index in [1.165, 1.54) is 0 Å². The Morgan fingerprint density at radius 3 is 2.11 bits per heavy atom. The summed E-state index contributed by atoms with van der Waals surface area (Å²) in [5.74, 6) is 0.0930. The van der Waals surface area contributed by atoms with Crippen molar-refractivity contribution in [2.75, 3.05) is 0 Å². The van der Waals surface area contributed by atoms with Crippen molar-refractivity contribution in [3.05, 3.63) is 29.8 Å². The highest BCUT2D eigenvalue weighted by molar-refractivity contribution is 5.97. The van der Waals surface area contributed by atoms with E-state index in [-0.39, 0.29) is 16.7 Å². The highest BCUT2D eigenvalue weighted by Crippen LogP contribution is 2.46. The number of rotatable bonds is 0. The van der Waals surface area contributed by atoms with Crippen molar-refractivity contribution >= 4 is 11.4 Å². The van der Waals surface area contributed by atoms with Gasteiger partial charge in [-0.3, -0.25) is 4.99 Å². The molecule has 2 atom stereocenters. The molecule has 0 saturated heterocycles. The molecule has 1 aromatic carbocycles. The molecule has 0 bridgehead atoms. The van der Waals surface area contributed by atoms with Gasteiger partial charge in [0.2, 0.25) is 0 Å². The van der Waals surface area contributed by atoms with Crippen LogP contribution in [0.15, 0.2) is 29.3 Å². The van der Waals surface area contributed by atoms with E-state index < -0.39 is 6.10 Å². The molecule has 0 fully saturated rings. The number of nitrogens with zero attached hydrogens (tertiary/aromatic N) is 1. The fraction of sp³-hybridized carbons (Fsp3) is 0.588. The fourth-order valence-corrected chi connectivity index (χ4v) is 2.93. The van der Waals surface area contributed by atoms with Crippen molar-refractivity contribution in [1.82, 2.24) is 0 Å². The zero-order valence-electron chi connectivity index (χ0n) is 12.9. The van der Waals surface area contributed by atoms with Crippen LogP contribution in [0.1, 0.15) is 53.0 Å². The molecular weight excluding hydrogens is 234 g/mol. The van der Waals surface area contributed by atoms with E-state index in [9.17, 15) is 5.11 Å². The smallest absolute Gasteiger partial charge is 0.100 e. The maximum absolute atomic E-state index is 10.8. The lowest BCUT2D eigenvalue weighted by Crippen LogP contribution is -2.43. The summed E-state index contributed by atoms with van der Waals surface area (Å²) in [6.45, 7) is 12.9. The SMILES string of the molecule is CC(C)(C)C1=Nc2ccccc2C(C(C)(C)C)C1O. The number of fused-ring (bicyclic) bond motifs is 1. The van der Waals surface area contributed by atoms with Crippen LogP contribution >= 0.6 is 0 Å². The zero-order chi connectivity index (χ0) is 14.4. The summed E-state index contributed by atoms with van der Waals surface area (Å²) in [5.41, 5.74) is 2.96. The monoisotopic (exact) mass is 259 g/mol. The Labute approximate surface area is 116 Å². The molecule has 19 heavy (non-hydrogen) atoms. The molecule has 0 saturated carbocycles. The van der Waals surface area contributed by atoms with Crippen molar-refractivity contribution in [3.8, 4) is 0 Å². The summed E-state index contributed by atoms with van der Waals surface area (Å²) in [4.78, 5) is 4.73. The first-order chi connectivity index (χ1) is 8.62. The molecule has 0 amide bonds. The largest absolute Gasteiger partial charge is 0.386 e. The molecule has 2 unspecified atom stereocenters. The Morgan fingerprint density at radius 1 is 1.00 bits per heavy atom. The molecule has 1 N–H and O–H groups in total. The number of hydrogen-bond acceptors (Lipinski definition) is 2. The van der Waals surface area contributed by atoms with Crippen molar-refractivity contribution < 1.29 is 5.11 Å². The molecule has 104 valence electrons. The van der Waals surface area contributed by atoms with Crippen molar-refractivity contribution in [2.24, 2.45) is 15.8 Å². The third kappa shape index (κ3) is 2.59. The minimum atomic E-state index is -0.505. The first-order valence-corrected chi connectivity index (χ1v) is 6.98. The van der Waals surface area contributed by atoms with Crippen LogP contribution in [-0.4, -0.2) is 16.9 Å². The minimum Gasteiger partial charge on any atom is -0.386 e. The van der Waals surface area contributed by atoms with Crippen LogP contribution in [0.25, 0.3) is 0 Å². The number of para-hydroxylation sites is 1. The van der Waals surface area contributed by atoms with Crippen molar-refractivity contribution in [2.45, 2.75) is 53.6 Å². The van der Waals surface area contributed by atoms with E-state index in [0.29, 0.717) is 0 Å². The van der Waals surface area contributed by atoms with Crippen LogP contribution in [0.3, 0.4) is 0 Å². The molecule has 1 heterocycles. The molecule has 0 spiro atoms. The first-order valence-electron chi connectivity index (χ1n) is 6.98. The van der Waals surface area contributed by atoms with Gasteiger partial charge in [-0.05, 0) is 17.0 Å². The van der Waals surface area contributed by atoms with Crippen LogP contribution in [0.4, 0.5) is 5.69 Å². The molecule has 0 aliphatic carbocycles. The second kappa shape index (κ2) is 4.45. The molecule has 1 aromatic rings. The van der Waals surface area contributed by atoms with E-state index in [0.717, 1.165) is 17.0 Å². The zero-order valence-corrected chi connectivity index (χ0v) is 12.9. The highest BCUT2D eigenvalue weighted by atomic mass is 16.3. The summed E-state index contributed by atoms with van der Waals surface area (Å²) in [6, 6.07) is 8.19. The highest BCUT2D eigenvalue weighted by Gasteiger charge is 2.42. The van der Waals surface area contributed by atoms with E-state index in [1.807, 2.05) is 18.2 Å². The average Bonchev–Trinajstić information content (AvgIpc) is 2.24. The predicted molar refractivity (Wildman–Crippen MR) is 81.2 cm³/mol. The summed E-state index contributed by atoms with van der Waals surface area (Å²) in [5, 5.41) is 10.8. The van der Waals surface area contributed by atoms with Gasteiger partial charge in [-0.1, -0.05) is 59.7 Å². The van der Waals surface area contributed by atoms with Gasteiger partial charge in [-0.25, -0.2) is 0 Å². The molecule has 2 heteroatoms. The molecule has 1 aliphatic rings. The second-order valence-corrected chi connectivity index (χ2v) is 7.59. The van der Waals surface area contributed by atoms with Crippen LogP contribution in [0, 0.1) is 10.8 Å². The Morgan fingerprint density at radius 2 is 1.58 bits per heavy atom. The Kier molecular flexibility index (Phi) is 3.34. The third-order valence-corrected chi connectivity index (χ3v) is 3.81. The Hall–Kier alpha value is -1.15. The Bertz CT molecular complexity index is 503. The average molecular weight is 259 g/mol. The minimum absolute atomic E-state index is 0.00194. The quantitative estimate of drug-likeness (QED) is 0.740. The van der Waals surface area contributed by atoms with Crippen LogP contribution in [0.5, 0.6) is 0 Å². The van der Waals surface area contributed by atoms with Gasteiger partial charge >= 0.3 is 0 Å². The number of hydrogen-bond donors (Lipinski definition) is 1. The lowest BCUT2D eigenvalue weighted by molar-refractivity contribution is 0.132. The van der Waals surface area contributed by atoms with Crippen LogP contribution in [0.2, 0.25) is 0 Å². The van der Waals surface area contributed by atoms with Crippen LogP contribution in [-0.2, 0) is 0 Å². The lowest BCUT2D eigenvalue weighted by atomic mass is 9.67. The topological polar surface area (TPSA) is 32.6 Å². The normalized spacial score (nSPS) is 23.8. The Balaban J connectivity index is 2.63. The maximum atomic E-state index is 10.8. The first kappa shape index (κ1) is 14.3. The van der Waals surface area contributed by atoms with Gasteiger partial charge in [0.05, 0.1) is 11.4 Å². The van der Waals surface area contributed by atoms with Crippen molar-refractivity contribution in [3.63, 3.8) is 0 Å². The lowest BCUT2D eigenvalue weighted by Gasteiger charge is -2.41. The van der Waals surface area contributed by atoms with E-state index >= 15 is 0 Å². The molecule has 0 radical (unpaired) electrons. The van der Waals surface area contributed by atoms with Gasteiger partial charge in [0, 0.05) is 11.3 Å². The summed E-state index contributed by atoms with van der Waals surface area (Å²) in [7, 11) is 0. The fourth-order valence-electron chi connectivity index (χ4n) is 2.93. The van der Waals surface area contributed by atoms with Gasteiger partial charge in [0.25, 0.3) is 0 Å². The van der Waals surface area contributed by atoms with Gasteiger partial charge in [0.15, 0.2) is 0 Å². The molecule has 2 rings (SSSR count). The van der Waals surface area contributed by atoms with Gasteiger partial charge in [0.1, 0.15) is 6.10 Å². The number of aliphatic imine (C=N–C) groups is 1. The maximum Gasteiger partial charge on any atom is 0.100 e. The number of benzene rings is 1. The third-order valence-electron chi connectivity index (χ3n) is 3.81.